The van der Waals surface area contributed by atoms with Gasteiger partial charge < -0.3 is 14.6 Å². The molecule has 1 rings (SSSR count). The Kier molecular flexibility index (Phi) is 5.35. The molecule has 1 aromatic rings. The van der Waals surface area contributed by atoms with Gasteiger partial charge in [0, 0.05) is 17.7 Å². The number of rotatable bonds is 5. The number of aliphatic hydroxyl groups excluding tert-OH is 1. The van der Waals surface area contributed by atoms with Crippen molar-refractivity contribution in [2.24, 2.45) is 0 Å². The molecule has 90 valence electrons. The second-order valence-electron chi connectivity index (χ2n) is 3.39. The van der Waals surface area contributed by atoms with E-state index in [1.165, 1.54) is 0 Å². The Morgan fingerprint density at radius 1 is 1.38 bits per heavy atom. The molecule has 0 bridgehead atoms. The molecule has 0 aliphatic carbocycles. The molecule has 0 heterocycles. The van der Waals surface area contributed by atoms with Crippen molar-refractivity contribution in [1.82, 2.24) is 0 Å². The third-order valence-corrected chi connectivity index (χ3v) is 2.62. The Bertz CT molecular complexity index is 355. The van der Waals surface area contributed by atoms with Gasteiger partial charge in [-0.05, 0) is 19.1 Å². The molecule has 0 aliphatic rings. The summed E-state index contributed by atoms with van der Waals surface area (Å²) in [5, 5.41) is 10.0. The Hall–Kier alpha value is -0.480. The number of halogens is 2. The minimum absolute atomic E-state index is 0.0433. The molecular weight excluding hydrogens is 251 g/mol. The van der Waals surface area contributed by atoms with Gasteiger partial charge in [0.1, 0.15) is 12.4 Å². The van der Waals surface area contributed by atoms with Crippen molar-refractivity contribution in [3.05, 3.63) is 27.7 Å². The highest BCUT2D eigenvalue weighted by Gasteiger charge is 2.11. The first-order valence-corrected chi connectivity index (χ1v) is 5.58. The zero-order valence-electron chi connectivity index (χ0n) is 9.17. The molecular formula is C11H14Cl2O3. The summed E-state index contributed by atoms with van der Waals surface area (Å²) in [6.07, 6.45) is -0.0433. The van der Waals surface area contributed by atoms with E-state index in [0.717, 1.165) is 0 Å². The summed E-state index contributed by atoms with van der Waals surface area (Å²) < 4.78 is 10.5. The van der Waals surface area contributed by atoms with E-state index in [1.54, 1.807) is 19.2 Å². The zero-order valence-corrected chi connectivity index (χ0v) is 10.7. The van der Waals surface area contributed by atoms with Crippen LogP contribution in [0.15, 0.2) is 12.1 Å². The normalized spacial score (nSPS) is 12.6. The van der Waals surface area contributed by atoms with Crippen molar-refractivity contribution < 1.29 is 14.6 Å². The minimum atomic E-state index is -0.170. The highest BCUT2D eigenvalue weighted by Crippen LogP contribution is 2.32. The first kappa shape index (κ1) is 13.6. The van der Waals surface area contributed by atoms with E-state index in [1.807, 2.05) is 6.92 Å². The molecule has 1 N–H and O–H groups in total. The van der Waals surface area contributed by atoms with Crippen LogP contribution in [-0.2, 0) is 11.3 Å². The fraction of sp³-hybridized carbons (Fsp3) is 0.455. The summed E-state index contributed by atoms with van der Waals surface area (Å²) >= 11 is 11.8. The summed E-state index contributed by atoms with van der Waals surface area (Å²) in [6, 6.07) is 3.20. The second-order valence-corrected chi connectivity index (χ2v) is 4.23. The average Bonchev–Trinajstić information content (AvgIpc) is 2.26. The maximum atomic E-state index is 9.16. The van der Waals surface area contributed by atoms with Crippen LogP contribution in [0.4, 0.5) is 0 Å². The van der Waals surface area contributed by atoms with Crippen LogP contribution in [0.5, 0.6) is 5.75 Å². The standard InChI is InChI=1S/C11H14Cl2O3/c1-7(15-2)6-16-11-8(5-14)3-9(12)4-10(11)13/h3-4,7,14H,5-6H2,1-2H3. The summed E-state index contributed by atoms with van der Waals surface area (Å²) in [5.74, 6) is 0.456. The monoisotopic (exact) mass is 264 g/mol. The largest absolute Gasteiger partial charge is 0.489 e. The van der Waals surface area contributed by atoms with Crippen molar-refractivity contribution in [3.63, 3.8) is 0 Å². The van der Waals surface area contributed by atoms with Crippen LogP contribution >= 0.6 is 23.2 Å². The zero-order chi connectivity index (χ0) is 12.1. The van der Waals surface area contributed by atoms with Gasteiger partial charge in [-0.3, -0.25) is 0 Å². The molecule has 1 unspecified atom stereocenters. The van der Waals surface area contributed by atoms with Crippen LogP contribution < -0.4 is 4.74 Å². The van der Waals surface area contributed by atoms with Crippen LogP contribution in [0.2, 0.25) is 10.0 Å². The lowest BCUT2D eigenvalue weighted by atomic mass is 10.2. The summed E-state index contributed by atoms with van der Waals surface area (Å²) in [7, 11) is 1.60. The number of aliphatic hydroxyl groups is 1. The third kappa shape index (κ3) is 3.52. The molecule has 0 aliphatic heterocycles. The molecule has 1 aromatic carbocycles. The molecule has 3 nitrogen and oxygen atoms in total. The average molecular weight is 265 g/mol. The number of hydrogen-bond donors (Lipinski definition) is 1. The fourth-order valence-electron chi connectivity index (χ4n) is 1.16. The van der Waals surface area contributed by atoms with Crippen LogP contribution in [0.1, 0.15) is 12.5 Å². The van der Waals surface area contributed by atoms with E-state index in [0.29, 0.717) is 28.0 Å². The molecule has 0 amide bonds. The van der Waals surface area contributed by atoms with Crippen LogP contribution in [0, 0.1) is 0 Å². The molecule has 0 radical (unpaired) electrons. The van der Waals surface area contributed by atoms with Crippen molar-refractivity contribution in [3.8, 4) is 5.75 Å². The van der Waals surface area contributed by atoms with Gasteiger partial charge in [-0.2, -0.15) is 0 Å². The predicted octanol–water partition coefficient (Wildman–Crippen LogP) is 2.90. The first-order valence-electron chi connectivity index (χ1n) is 4.82. The van der Waals surface area contributed by atoms with Crippen molar-refractivity contribution >= 4 is 23.2 Å². The highest BCUT2D eigenvalue weighted by atomic mass is 35.5. The molecule has 0 aromatic heterocycles. The maximum Gasteiger partial charge on any atom is 0.143 e. The minimum Gasteiger partial charge on any atom is -0.489 e. The number of benzene rings is 1. The second kappa shape index (κ2) is 6.30. The molecule has 0 spiro atoms. The molecule has 5 heteroatoms. The highest BCUT2D eigenvalue weighted by molar-refractivity contribution is 6.35. The molecule has 0 saturated carbocycles. The summed E-state index contributed by atoms with van der Waals surface area (Å²) in [5.41, 5.74) is 0.570. The van der Waals surface area contributed by atoms with Gasteiger partial charge in [-0.1, -0.05) is 23.2 Å². The van der Waals surface area contributed by atoms with Gasteiger partial charge in [-0.25, -0.2) is 0 Å². The number of methoxy groups -OCH3 is 1. The lowest BCUT2D eigenvalue weighted by Gasteiger charge is -2.15. The van der Waals surface area contributed by atoms with E-state index >= 15 is 0 Å². The van der Waals surface area contributed by atoms with Crippen LogP contribution in [0.3, 0.4) is 0 Å². The predicted molar refractivity (Wildman–Crippen MR) is 64.4 cm³/mol. The summed E-state index contributed by atoms with van der Waals surface area (Å²) in [4.78, 5) is 0. The Morgan fingerprint density at radius 2 is 2.06 bits per heavy atom. The molecule has 16 heavy (non-hydrogen) atoms. The van der Waals surface area contributed by atoms with Gasteiger partial charge >= 0.3 is 0 Å². The smallest absolute Gasteiger partial charge is 0.143 e. The number of hydrogen-bond acceptors (Lipinski definition) is 3. The van der Waals surface area contributed by atoms with Gasteiger partial charge in [0.05, 0.1) is 17.7 Å². The third-order valence-electron chi connectivity index (χ3n) is 2.12. The van der Waals surface area contributed by atoms with Gasteiger partial charge in [0.25, 0.3) is 0 Å². The lowest BCUT2D eigenvalue weighted by molar-refractivity contribution is 0.0708. The summed E-state index contributed by atoms with van der Waals surface area (Å²) in [6.45, 7) is 2.07. The Balaban J connectivity index is 2.85. The maximum absolute atomic E-state index is 9.16. The molecule has 0 saturated heterocycles. The van der Waals surface area contributed by atoms with Crippen molar-refractivity contribution in [1.29, 1.82) is 0 Å². The van der Waals surface area contributed by atoms with Crippen LogP contribution in [0.25, 0.3) is 0 Å². The number of ether oxygens (including phenoxy) is 2. The Morgan fingerprint density at radius 3 is 2.62 bits per heavy atom. The van der Waals surface area contributed by atoms with E-state index in [9.17, 15) is 0 Å². The first-order chi connectivity index (χ1) is 7.58. The van der Waals surface area contributed by atoms with E-state index in [4.69, 9.17) is 37.8 Å². The Labute approximate surface area is 105 Å². The fourth-order valence-corrected chi connectivity index (χ4v) is 1.75. The van der Waals surface area contributed by atoms with E-state index in [-0.39, 0.29) is 12.7 Å². The van der Waals surface area contributed by atoms with Gasteiger partial charge in [-0.15, -0.1) is 0 Å². The van der Waals surface area contributed by atoms with Gasteiger partial charge in [0.15, 0.2) is 0 Å². The van der Waals surface area contributed by atoms with E-state index in [2.05, 4.69) is 0 Å². The SMILES string of the molecule is COC(C)COc1c(Cl)cc(Cl)cc1CO. The molecule has 0 fully saturated rings. The van der Waals surface area contributed by atoms with E-state index < -0.39 is 0 Å². The van der Waals surface area contributed by atoms with Crippen molar-refractivity contribution in [2.75, 3.05) is 13.7 Å². The lowest BCUT2D eigenvalue weighted by Crippen LogP contribution is -2.16. The van der Waals surface area contributed by atoms with Gasteiger partial charge in [0.2, 0.25) is 0 Å². The van der Waals surface area contributed by atoms with Crippen LogP contribution in [-0.4, -0.2) is 24.9 Å². The molecule has 1 atom stereocenters. The quantitative estimate of drug-likeness (QED) is 0.889. The topological polar surface area (TPSA) is 38.7 Å². The van der Waals surface area contributed by atoms with Crippen molar-refractivity contribution in [2.45, 2.75) is 19.6 Å².